The van der Waals surface area contributed by atoms with E-state index in [1.807, 2.05) is 17.8 Å². The van der Waals surface area contributed by atoms with Gasteiger partial charge in [-0.05, 0) is 37.6 Å². The van der Waals surface area contributed by atoms with Crippen molar-refractivity contribution < 1.29 is 0 Å². The second kappa shape index (κ2) is 6.18. The Morgan fingerprint density at radius 2 is 2.22 bits per heavy atom. The molecule has 1 heterocycles. The Kier molecular flexibility index (Phi) is 4.82. The quantitative estimate of drug-likeness (QED) is 0.924. The van der Waals surface area contributed by atoms with Gasteiger partial charge in [-0.25, -0.2) is 0 Å². The van der Waals surface area contributed by atoms with Crippen molar-refractivity contribution in [3.8, 4) is 0 Å². The standard InChI is InChI=1S/C14H21ClN2S/c1-10-11(2)18-8-7-17(10)14-9-13(15)4-3-12(14)5-6-16/h3-4,9-11H,5-8,16H2,1-2H3. The highest BCUT2D eigenvalue weighted by atomic mass is 35.5. The Labute approximate surface area is 119 Å². The molecule has 0 bridgehead atoms. The van der Waals surface area contributed by atoms with E-state index >= 15 is 0 Å². The second-order valence-corrected chi connectivity index (χ2v) is 6.74. The number of rotatable bonds is 3. The van der Waals surface area contributed by atoms with Crippen LogP contribution < -0.4 is 10.6 Å². The Hall–Kier alpha value is -0.380. The number of halogens is 1. The molecule has 0 aliphatic carbocycles. The van der Waals surface area contributed by atoms with Gasteiger partial charge in [-0.15, -0.1) is 0 Å². The van der Waals surface area contributed by atoms with Crippen molar-refractivity contribution >= 4 is 29.1 Å². The number of hydrogen-bond donors (Lipinski definition) is 1. The molecule has 0 aromatic heterocycles. The number of nitrogens with two attached hydrogens (primary N) is 1. The van der Waals surface area contributed by atoms with Crippen LogP contribution in [-0.2, 0) is 6.42 Å². The molecule has 1 aliphatic rings. The number of anilines is 1. The van der Waals surface area contributed by atoms with E-state index in [4.69, 9.17) is 17.3 Å². The topological polar surface area (TPSA) is 29.3 Å². The van der Waals surface area contributed by atoms with E-state index < -0.39 is 0 Å². The Morgan fingerprint density at radius 3 is 2.94 bits per heavy atom. The van der Waals surface area contributed by atoms with E-state index in [-0.39, 0.29) is 0 Å². The van der Waals surface area contributed by atoms with E-state index in [1.54, 1.807) is 0 Å². The molecular weight excluding hydrogens is 264 g/mol. The van der Waals surface area contributed by atoms with Gasteiger partial charge >= 0.3 is 0 Å². The lowest BCUT2D eigenvalue weighted by Gasteiger charge is -2.40. The minimum atomic E-state index is 0.541. The molecule has 1 fully saturated rings. The molecule has 4 heteroatoms. The molecule has 0 radical (unpaired) electrons. The molecule has 1 aliphatic heterocycles. The third kappa shape index (κ3) is 2.95. The molecule has 2 nitrogen and oxygen atoms in total. The van der Waals surface area contributed by atoms with Gasteiger partial charge in [-0.1, -0.05) is 24.6 Å². The van der Waals surface area contributed by atoms with Crippen LogP contribution in [0.15, 0.2) is 18.2 Å². The van der Waals surface area contributed by atoms with Gasteiger partial charge in [0.15, 0.2) is 0 Å². The van der Waals surface area contributed by atoms with Crippen molar-refractivity contribution in [3.05, 3.63) is 28.8 Å². The van der Waals surface area contributed by atoms with Crippen LogP contribution in [0.1, 0.15) is 19.4 Å². The van der Waals surface area contributed by atoms with Crippen LogP contribution in [0.25, 0.3) is 0 Å². The van der Waals surface area contributed by atoms with Gasteiger partial charge in [0.25, 0.3) is 0 Å². The van der Waals surface area contributed by atoms with E-state index in [2.05, 4.69) is 30.9 Å². The lowest BCUT2D eigenvalue weighted by atomic mass is 10.1. The minimum Gasteiger partial charge on any atom is -0.367 e. The first-order valence-corrected chi connectivity index (χ1v) is 7.93. The summed E-state index contributed by atoms with van der Waals surface area (Å²) in [4.78, 5) is 2.48. The molecule has 1 aromatic rings. The second-order valence-electron chi connectivity index (χ2n) is 4.82. The molecule has 2 N–H and O–H groups in total. The summed E-state index contributed by atoms with van der Waals surface area (Å²) in [5.74, 6) is 1.18. The van der Waals surface area contributed by atoms with E-state index in [1.165, 1.54) is 17.0 Å². The number of thioether (sulfide) groups is 1. The van der Waals surface area contributed by atoms with Crippen LogP contribution in [-0.4, -0.2) is 30.1 Å². The van der Waals surface area contributed by atoms with Gasteiger partial charge in [-0.2, -0.15) is 11.8 Å². The average Bonchev–Trinajstić information content (AvgIpc) is 2.35. The zero-order valence-corrected chi connectivity index (χ0v) is 12.6. The summed E-state index contributed by atoms with van der Waals surface area (Å²) in [6.45, 7) is 6.37. The van der Waals surface area contributed by atoms with Gasteiger partial charge in [0, 0.05) is 34.3 Å². The first-order valence-electron chi connectivity index (χ1n) is 6.50. The molecule has 2 unspecified atom stereocenters. The molecule has 18 heavy (non-hydrogen) atoms. The molecule has 0 spiro atoms. The van der Waals surface area contributed by atoms with Gasteiger partial charge in [0.1, 0.15) is 0 Å². The first-order chi connectivity index (χ1) is 8.63. The molecule has 1 aromatic carbocycles. The Morgan fingerprint density at radius 1 is 1.44 bits per heavy atom. The van der Waals surface area contributed by atoms with Crippen LogP contribution >= 0.6 is 23.4 Å². The summed E-state index contributed by atoms with van der Waals surface area (Å²) in [5.41, 5.74) is 8.29. The summed E-state index contributed by atoms with van der Waals surface area (Å²) >= 11 is 8.21. The average molecular weight is 285 g/mol. The summed E-state index contributed by atoms with van der Waals surface area (Å²) < 4.78 is 0. The highest BCUT2D eigenvalue weighted by Crippen LogP contribution is 2.33. The maximum Gasteiger partial charge on any atom is 0.0426 e. The summed E-state index contributed by atoms with van der Waals surface area (Å²) in [7, 11) is 0. The lowest BCUT2D eigenvalue weighted by molar-refractivity contribution is 0.624. The predicted molar refractivity (Wildman–Crippen MR) is 82.9 cm³/mol. The van der Waals surface area contributed by atoms with E-state index in [0.29, 0.717) is 17.8 Å². The molecule has 2 atom stereocenters. The fourth-order valence-corrected chi connectivity index (χ4v) is 3.71. The fourth-order valence-electron chi connectivity index (χ4n) is 2.44. The van der Waals surface area contributed by atoms with E-state index in [0.717, 1.165) is 18.0 Å². The van der Waals surface area contributed by atoms with Gasteiger partial charge in [0.05, 0.1) is 0 Å². The van der Waals surface area contributed by atoms with E-state index in [9.17, 15) is 0 Å². The molecule has 2 rings (SSSR count). The monoisotopic (exact) mass is 284 g/mol. The zero-order chi connectivity index (χ0) is 13.1. The molecule has 0 saturated carbocycles. The van der Waals surface area contributed by atoms with Gasteiger partial charge in [0.2, 0.25) is 0 Å². The van der Waals surface area contributed by atoms with Crippen molar-refractivity contribution in [2.24, 2.45) is 5.73 Å². The number of benzene rings is 1. The van der Waals surface area contributed by atoms with Crippen LogP contribution in [0.3, 0.4) is 0 Å². The van der Waals surface area contributed by atoms with Crippen molar-refractivity contribution in [3.63, 3.8) is 0 Å². The molecule has 0 amide bonds. The van der Waals surface area contributed by atoms with Gasteiger partial charge in [-0.3, -0.25) is 0 Å². The van der Waals surface area contributed by atoms with Crippen LogP contribution in [0.5, 0.6) is 0 Å². The minimum absolute atomic E-state index is 0.541. The van der Waals surface area contributed by atoms with Crippen LogP contribution in [0, 0.1) is 0 Å². The lowest BCUT2D eigenvalue weighted by Crippen LogP contribution is -2.45. The summed E-state index contributed by atoms with van der Waals surface area (Å²) in [5, 5.41) is 1.47. The highest BCUT2D eigenvalue weighted by Gasteiger charge is 2.26. The molecular formula is C14H21ClN2S. The third-order valence-electron chi connectivity index (χ3n) is 3.65. The van der Waals surface area contributed by atoms with Crippen molar-refractivity contribution in [2.75, 3.05) is 23.7 Å². The van der Waals surface area contributed by atoms with Crippen LogP contribution in [0.2, 0.25) is 5.02 Å². The Bertz CT molecular complexity index is 411. The first kappa shape index (κ1) is 14.0. The van der Waals surface area contributed by atoms with Crippen molar-refractivity contribution in [1.29, 1.82) is 0 Å². The molecule has 1 saturated heterocycles. The summed E-state index contributed by atoms with van der Waals surface area (Å²) in [6.07, 6.45) is 0.914. The largest absolute Gasteiger partial charge is 0.367 e. The smallest absolute Gasteiger partial charge is 0.0426 e. The summed E-state index contributed by atoms with van der Waals surface area (Å²) in [6, 6.07) is 6.71. The normalized spacial score (nSPS) is 24.3. The maximum atomic E-state index is 6.16. The Balaban J connectivity index is 2.32. The van der Waals surface area contributed by atoms with Gasteiger partial charge < -0.3 is 10.6 Å². The zero-order valence-electron chi connectivity index (χ0n) is 11.0. The van der Waals surface area contributed by atoms with Crippen LogP contribution in [0.4, 0.5) is 5.69 Å². The SMILES string of the molecule is CC1SCCN(c2cc(Cl)ccc2CCN)C1C. The predicted octanol–water partition coefficient (Wildman–Crippen LogP) is 3.17. The van der Waals surface area contributed by atoms with Crippen molar-refractivity contribution in [2.45, 2.75) is 31.6 Å². The van der Waals surface area contributed by atoms with Crippen molar-refractivity contribution in [1.82, 2.24) is 0 Å². The molecule has 100 valence electrons. The third-order valence-corrected chi connectivity index (χ3v) is 5.23. The fraction of sp³-hybridized carbons (Fsp3) is 0.571. The number of hydrogen-bond acceptors (Lipinski definition) is 3. The maximum absolute atomic E-state index is 6.16. The number of nitrogens with zero attached hydrogens (tertiary/aromatic N) is 1. The highest BCUT2D eigenvalue weighted by molar-refractivity contribution is 8.00.